The van der Waals surface area contributed by atoms with Crippen molar-refractivity contribution in [3.8, 4) is 5.69 Å². The zero-order valence-corrected chi connectivity index (χ0v) is 22.6. The Hall–Kier alpha value is -3.55. The van der Waals surface area contributed by atoms with E-state index in [9.17, 15) is 9.59 Å². The average molecular weight is 539 g/mol. The Balaban J connectivity index is 1.63. The van der Waals surface area contributed by atoms with E-state index in [4.69, 9.17) is 32.7 Å². The number of carbonyl (C=O) groups is 2. The number of rotatable bonds is 7. The van der Waals surface area contributed by atoms with Crippen LogP contribution in [0.25, 0.3) is 5.69 Å². The first-order valence-electron chi connectivity index (χ1n) is 11.8. The smallest absolute Gasteiger partial charge is 0.254 e. The Morgan fingerprint density at radius 2 is 1.78 bits per heavy atom. The zero-order chi connectivity index (χ0) is 26.7. The lowest BCUT2D eigenvalue weighted by molar-refractivity contribution is -0.117. The summed E-state index contributed by atoms with van der Waals surface area (Å²) in [6.45, 7) is 8.05. The molecule has 0 atom stereocenters. The van der Waals surface area contributed by atoms with Gasteiger partial charge < -0.3 is 14.6 Å². The number of halogens is 2. The van der Waals surface area contributed by atoms with Crippen LogP contribution in [0.15, 0.2) is 71.3 Å². The lowest BCUT2D eigenvalue weighted by Gasteiger charge is -2.22. The van der Waals surface area contributed by atoms with Crippen molar-refractivity contribution in [2.24, 2.45) is 0 Å². The SMILES string of the molecule is Cc1ccccc1-n1nc(C(C)(C)C)cc1NC(=O)CN(Cc1ccco1)C(=O)c1ccc(Cl)c(Cl)c1. The molecule has 37 heavy (non-hydrogen) atoms. The number of furan rings is 1. The van der Waals surface area contributed by atoms with Gasteiger partial charge in [-0.15, -0.1) is 0 Å². The molecule has 9 heteroatoms. The molecule has 2 amide bonds. The van der Waals surface area contributed by atoms with Crippen molar-refractivity contribution in [2.45, 2.75) is 39.7 Å². The predicted octanol–water partition coefficient (Wildman–Crippen LogP) is 6.66. The molecular formula is C28H28Cl2N4O3. The molecule has 0 aliphatic rings. The number of benzene rings is 2. The van der Waals surface area contributed by atoms with Crippen molar-refractivity contribution in [2.75, 3.05) is 11.9 Å². The van der Waals surface area contributed by atoms with E-state index in [2.05, 4.69) is 26.1 Å². The van der Waals surface area contributed by atoms with Crippen LogP contribution in [0, 0.1) is 6.92 Å². The summed E-state index contributed by atoms with van der Waals surface area (Å²) in [5, 5.41) is 8.34. The molecule has 0 saturated carbocycles. The van der Waals surface area contributed by atoms with Gasteiger partial charge in [-0.2, -0.15) is 5.10 Å². The van der Waals surface area contributed by atoms with Crippen LogP contribution < -0.4 is 5.32 Å². The van der Waals surface area contributed by atoms with Gasteiger partial charge >= 0.3 is 0 Å². The molecule has 0 aliphatic carbocycles. The molecule has 2 aromatic carbocycles. The molecule has 2 aromatic heterocycles. The number of anilines is 1. The van der Waals surface area contributed by atoms with Crippen LogP contribution >= 0.6 is 23.2 Å². The maximum Gasteiger partial charge on any atom is 0.254 e. The van der Waals surface area contributed by atoms with E-state index in [0.29, 0.717) is 22.2 Å². The number of hydrogen-bond donors (Lipinski definition) is 1. The third-order valence-electron chi connectivity index (χ3n) is 5.80. The van der Waals surface area contributed by atoms with Gasteiger partial charge in [-0.05, 0) is 48.9 Å². The molecule has 1 N–H and O–H groups in total. The van der Waals surface area contributed by atoms with E-state index in [1.165, 1.54) is 17.2 Å². The predicted molar refractivity (Wildman–Crippen MR) is 146 cm³/mol. The molecule has 4 aromatic rings. The normalized spacial score (nSPS) is 11.4. The van der Waals surface area contributed by atoms with Crippen molar-refractivity contribution < 1.29 is 14.0 Å². The molecule has 0 saturated heterocycles. The maximum atomic E-state index is 13.4. The van der Waals surface area contributed by atoms with Crippen LogP contribution in [0.3, 0.4) is 0 Å². The molecule has 2 heterocycles. The Morgan fingerprint density at radius 3 is 2.43 bits per heavy atom. The van der Waals surface area contributed by atoms with Crippen molar-refractivity contribution in [3.63, 3.8) is 0 Å². The van der Waals surface area contributed by atoms with Crippen LogP contribution in [-0.4, -0.2) is 33.0 Å². The fourth-order valence-electron chi connectivity index (χ4n) is 3.78. The maximum absolute atomic E-state index is 13.4. The van der Waals surface area contributed by atoms with Gasteiger partial charge in [-0.25, -0.2) is 4.68 Å². The fourth-order valence-corrected chi connectivity index (χ4v) is 4.08. The van der Waals surface area contributed by atoms with Gasteiger partial charge in [0.15, 0.2) is 0 Å². The van der Waals surface area contributed by atoms with Gasteiger partial charge in [-0.1, -0.05) is 62.2 Å². The quantitative estimate of drug-likeness (QED) is 0.285. The van der Waals surface area contributed by atoms with Crippen LogP contribution in [0.1, 0.15) is 48.1 Å². The minimum Gasteiger partial charge on any atom is -0.467 e. The Bertz CT molecular complexity index is 1420. The first-order valence-corrected chi connectivity index (χ1v) is 12.5. The monoisotopic (exact) mass is 538 g/mol. The van der Waals surface area contributed by atoms with Crippen LogP contribution in [0.4, 0.5) is 5.82 Å². The van der Waals surface area contributed by atoms with E-state index in [0.717, 1.165) is 16.9 Å². The number of amides is 2. The highest BCUT2D eigenvalue weighted by Crippen LogP contribution is 2.28. The Labute approximate surface area is 226 Å². The summed E-state index contributed by atoms with van der Waals surface area (Å²) in [4.78, 5) is 28.1. The van der Waals surface area contributed by atoms with Crippen molar-refractivity contribution in [3.05, 3.63) is 99.6 Å². The fraction of sp³-hybridized carbons (Fsp3) is 0.250. The number of nitrogens with zero attached hydrogens (tertiary/aromatic N) is 3. The first-order chi connectivity index (χ1) is 17.5. The van der Waals surface area contributed by atoms with Gasteiger partial charge in [0.2, 0.25) is 5.91 Å². The topological polar surface area (TPSA) is 80.4 Å². The van der Waals surface area contributed by atoms with Crippen molar-refractivity contribution in [1.82, 2.24) is 14.7 Å². The van der Waals surface area contributed by atoms with Gasteiger partial charge in [0.05, 0.1) is 34.2 Å². The third kappa shape index (κ3) is 6.24. The summed E-state index contributed by atoms with van der Waals surface area (Å²) >= 11 is 12.2. The summed E-state index contributed by atoms with van der Waals surface area (Å²) in [5.41, 5.74) is 2.77. The van der Waals surface area contributed by atoms with Gasteiger partial charge in [0.25, 0.3) is 5.91 Å². The van der Waals surface area contributed by atoms with Crippen molar-refractivity contribution >= 4 is 40.8 Å². The largest absolute Gasteiger partial charge is 0.467 e. The number of carbonyl (C=O) groups excluding carboxylic acids is 2. The number of nitrogens with one attached hydrogen (secondary N) is 1. The lowest BCUT2D eigenvalue weighted by Crippen LogP contribution is -2.37. The summed E-state index contributed by atoms with van der Waals surface area (Å²) in [6.07, 6.45) is 1.52. The lowest BCUT2D eigenvalue weighted by atomic mass is 9.92. The number of aryl methyl sites for hydroxylation is 1. The number of para-hydroxylation sites is 1. The van der Waals surface area contributed by atoms with E-state index < -0.39 is 0 Å². The van der Waals surface area contributed by atoms with Gasteiger partial charge in [-0.3, -0.25) is 9.59 Å². The summed E-state index contributed by atoms with van der Waals surface area (Å²) in [5.74, 6) is 0.299. The zero-order valence-electron chi connectivity index (χ0n) is 21.1. The molecule has 0 radical (unpaired) electrons. The third-order valence-corrected chi connectivity index (χ3v) is 6.54. The van der Waals surface area contributed by atoms with Crippen molar-refractivity contribution in [1.29, 1.82) is 0 Å². The molecular weight excluding hydrogens is 511 g/mol. The standard InChI is InChI=1S/C28H28Cl2N4O3/c1-18-8-5-6-10-23(18)34-25(15-24(32-34)28(2,3)4)31-26(35)17-33(16-20-9-7-13-37-20)27(36)19-11-12-21(29)22(30)14-19/h5-15H,16-17H2,1-4H3,(H,31,35). The average Bonchev–Trinajstić information content (AvgIpc) is 3.50. The summed E-state index contributed by atoms with van der Waals surface area (Å²) in [7, 11) is 0. The van der Waals surface area contributed by atoms with E-state index in [1.54, 1.807) is 28.9 Å². The minimum atomic E-state index is -0.382. The summed E-state index contributed by atoms with van der Waals surface area (Å²) in [6, 6.07) is 17.8. The second-order valence-electron chi connectivity index (χ2n) is 9.78. The van der Waals surface area contributed by atoms with Crippen LogP contribution in [0.5, 0.6) is 0 Å². The highest BCUT2D eigenvalue weighted by molar-refractivity contribution is 6.42. The highest BCUT2D eigenvalue weighted by Gasteiger charge is 2.25. The second kappa shape index (κ2) is 10.8. The molecule has 0 fully saturated rings. The highest BCUT2D eigenvalue weighted by atomic mass is 35.5. The van der Waals surface area contributed by atoms with Crippen LogP contribution in [-0.2, 0) is 16.8 Å². The molecule has 0 spiro atoms. The Kier molecular flexibility index (Phi) is 7.76. The molecule has 0 unspecified atom stereocenters. The minimum absolute atomic E-state index is 0.101. The van der Waals surface area contributed by atoms with Crippen LogP contribution in [0.2, 0.25) is 10.0 Å². The molecule has 0 bridgehead atoms. The number of aromatic nitrogens is 2. The molecule has 7 nitrogen and oxygen atoms in total. The summed E-state index contributed by atoms with van der Waals surface area (Å²) < 4.78 is 7.16. The van der Waals surface area contributed by atoms with Gasteiger partial charge in [0, 0.05) is 17.0 Å². The first kappa shape index (κ1) is 26.5. The van der Waals surface area contributed by atoms with Gasteiger partial charge in [0.1, 0.15) is 18.1 Å². The van der Waals surface area contributed by atoms with E-state index in [-0.39, 0.29) is 35.3 Å². The Morgan fingerprint density at radius 1 is 1.03 bits per heavy atom. The second-order valence-corrected chi connectivity index (χ2v) is 10.6. The van der Waals surface area contributed by atoms with E-state index >= 15 is 0 Å². The van der Waals surface area contributed by atoms with E-state index in [1.807, 2.05) is 37.3 Å². The molecule has 192 valence electrons. The molecule has 0 aliphatic heterocycles. The number of hydrogen-bond acceptors (Lipinski definition) is 4. The molecule has 4 rings (SSSR count).